The van der Waals surface area contributed by atoms with Gasteiger partial charge in [-0.1, -0.05) is 6.08 Å². The van der Waals surface area contributed by atoms with Crippen molar-refractivity contribution >= 4 is 6.09 Å². The Bertz CT molecular complexity index is 312. The maximum absolute atomic E-state index is 12.1. The van der Waals surface area contributed by atoms with Gasteiger partial charge in [-0.25, -0.2) is 4.79 Å². The Kier molecular flexibility index (Phi) is 3.17. The van der Waals surface area contributed by atoms with Crippen molar-refractivity contribution in [1.29, 1.82) is 0 Å². The summed E-state index contributed by atoms with van der Waals surface area (Å²) in [6, 6.07) is 0. The molecular formula is C13H22N2O2. The number of piperidine rings is 1. The summed E-state index contributed by atoms with van der Waals surface area (Å²) in [7, 11) is 0. The number of fused-ring (bicyclic) bond motifs is 1. The van der Waals surface area contributed by atoms with E-state index in [1.54, 1.807) is 11.0 Å². The van der Waals surface area contributed by atoms with Gasteiger partial charge in [0.25, 0.3) is 0 Å². The molecule has 2 unspecified atom stereocenters. The highest BCUT2D eigenvalue weighted by Gasteiger charge is 2.56. The third-order valence-electron chi connectivity index (χ3n) is 3.59. The molecule has 1 N–H and O–H groups in total. The molecule has 4 heteroatoms. The molecule has 0 aromatic rings. The van der Waals surface area contributed by atoms with Crippen molar-refractivity contribution in [3.8, 4) is 0 Å². The summed E-state index contributed by atoms with van der Waals surface area (Å²) in [4.78, 5) is 13.8. The standard InChI is InChI=1S/C13H22N2O2/c1-5-6-15(13(2,3)4)12(16)17-11-9-7-14-8-10(9)11/h5,9-11,14H,1,6-8H2,2-4H3. The Morgan fingerprint density at radius 3 is 2.53 bits per heavy atom. The van der Waals surface area contributed by atoms with Gasteiger partial charge in [0.1, 0.15) is 6.10 Å². The summed E-state index contributed by atoms with van der Waals surface area (Å²) in [6.45, 7) is 12.2. The lowest BCUT2D eigenvalue weighted by molar-refractivity contribution is 0.0605. The summed E-state index contributed by atoms with van der Waals surface area (Å²) in [5, 5.41) is 3.29. The van der Waals surface area contributed by atoms with E-state index >= 15 is 0 Å². The fraction of sp³-hybridized carbons (Fsp3) is 0.769. The Hall–Kier alpha value is -1.03. The van der Waals surface area contributed by atoms with Gasteiger partial charge >= 0.3 is 6.09 Å². The largest absolute Gasteiger partial charge is 0.445 e. The highest BCUT2D eigenvalue weighted by Crippen LogP contribution is 2.44. The maximum atomic E-state index is 12.1. The highest BCUT2D eigenvalue weighted by atomic mass is 16.6. The molecular weight excluding hydrogens is 216 g/mol. The summed E-state index contributed by atoms with van der Waals surface area (Å²) in [5.74, 6) is 1.09. The zero-order valence-electron chi connectivity index (χ0n) is 10.9. The highest BCUT2D eigenvalue weighted by molar-refractivity contribution is 5.69. The molecule has 1 aliphatic carbocycles. The van der Waals surface area contributed by atoms with Gasteiger partial charge in [-0.2, -0.15) is 0 Å². The zero-order valence-corrected chi connectivity index (χ0v) is 10.9. The van der Waals surface area contributed by atoms with E-state index < -0.39 is 0 Å². The van der Waals surface area contributed by atoms with Gasteiger partial charge in [0.2, 0.25) is 0 Å². The maximum Gasteiger partial charge on any atom is 0.410 e. The lowest BCUT2D eigenvalue weighted by Crippen LogP contribution is -2.46. The number of hydrogen-bond acceptors (Lipinski definition) is 3. The molecule has 0 bridgehead atoms. The molecule has 0 aromatic carbocycles. The van der Waals surface area contributed by atoms with Crippen LogP contribution in [0.1, 0.15) is 20.8 Å². The smallest absolute Gasteiger partial charge is 0.410 e. The summed E-state index contributed by atoms with van der Waals surface area (Å²) < 4.78 is 5.57. The van der Waals surface area contributed by atoms with Gasteiger partial charge in [-0.15, -0.1) is 6.58 Å². The molecule has 0 radical (unpaired) electrons. The fourth-order valence-corrected chi connectivity index (χ4v) is 2.47. The van der Waals surface area contributed by atoms with E-state index in [-0.39, 0.29) is 17.7 Å². The van der Waals surface area contributed by atoms with Crippen molar-refractivity contribution in [2.75, 3.05) is 19.6 Å². The van der Waals surface area contributed by atoms with Crippen LogP contribution in [0.3, 0.4) is 0 Å². The van der Waals surface area contributed by atoms with Gasteiger partial charge in [0.05, 0.1) is 0 Å². The van der Waals surface area contributed by atoms with Crippen molar-refractivity contribution in [2.45, 2.75) is 32.4 Å². The lowest BCUT2D eigenvalue weighted by atomic mass is 10.1. The number of carbonyl (C=O) groups excluding carboxylic acids is 1. The van der Waals surface area contributed by atoms with Crippen LogP contribution in [0.2, 0.25) is 0 Å². The number of amides is 1. The summed E-state index contributed by atoms with van der Waals surface area (Å²) >= 11 is 0. The second-order valence-electron chi connectivity index (χ2n) is 5.90. The molecule has 1 aliphatic heterocycles. The van der Waals surface area contributed by atoms with Gasteiger partial charge in [0.15, 0.2) is 0 Å². The number of nitrogens with zero attached hydrogens (tertiary/aromatic N) is 1. The van der Waals surface area contributed by atoms with Gasteiger partial charge in [-0.05, 0) is 20.8 Å². The van der Waals surface area contributed by atoms with Crippen LogP contribution in [-0.2, 0) is 4.74 Å². The fourth-order valence-electron chi connectivity index (χ4n) is 2.47. The molecule has 1 saturated carbocycles. The molecule has 1 heterocycles. The van der Waals surface area contributed by atoms with E-state index in [1.165, 1.54) is 0 Å². The van der Waals surface area contributed by atoms with Crippen LogP contribution in [0.15, 0.2) is 12.7 Å². The molecule has 96 valence electrons. The predicted octanol–water partition coefficient (Wildman–Crippen LogP) is 1.63. The van der Waals surface area contributed by atoms with Crippen molar-refractivity contribution in [3.05, 3.63) is 12.7 Å². The van der Waals surface area contributed by atoms with Crippen LogP contribution in [-0.4, -0.2) is 42.3 Å². The van der Waals surface area contributed by atoms with Gasteiger partial charge in [-0.3, -0.25) is 4.90 Å². The molecule has 2 atom stereocenters. The normalized spacial score (nSPS) is 30.6. The monoisotopic (exact) mass is 238 g/mol. The number of nitrogens with one attached hydrogen (secondary N) is 1. The average Bonchev–Trinajstić information content (AvgIpc) is 2.70. The first-order chi connectivity index (χ1) is 7.95. The van der Waals surface area contributed by atoms with Crippen LogP contribution in [0.4, 0.5) is 4.79 Å². The minimum Gasteiger partial charge on any atom is -0.445 e. The molecule has 1 amide bonds. The third-order valence-corrected chi connectivity index (χ3v) is 3.59. The van der Waals surface area contributed by atoms with Gasteiger partial charge in [0, 0.05) is 37.0 Å². The Morgan fingerprint density at radius 1 is 1.47 bits per heavy atom. The molecule has 17 heavy (non-hydrogen) atoms. The van der Waals surface area contributed by atoms with Crippen molar-refractivity contribution in [1.82, 2.24) is 10.2 Å². The van der Waals surface area contributed by atoms with E-state index in [9.17, 15) is 4.79 Å². The van der Waals surface area contributed by atoms with Crippen LogP contribution < -0.4 is 5.32 Å². The van der Waals surface area contributed by atoms with E-state index in [0.29, 0.717) is 18.4 Å². The molecule has 2 fully saturated rings. The predicted molar refractivity (Wildman–Crippen MR) is 66.8 cm³/mol. The molecule has 1 saturated heterocycles. The number of hydrogen-bond donors (Lipinski definition) is 1. The van der Waals surface area contributed by atoms with E-state index in [2.05, 4.69) is 11.9 Å². The van der Waals surface area contributed by atoms with E-state index in [4.69, 9.17) is 4.74 Å². The topological polar surface area (TPSA) is 41.6 Å². The second-order valence-corrected chi connectivity index (χ2v) is 5.90. The minimum atomic E-state index is -0.229. The van der Waals surface area contributed by atoms with Crippen molar-refractivity contribution in [2.24, 2.45) is 11.8 Å². The minimum absolute atomic E-state index is 0.137. The quantitative estimate of drug-likeness (QED) is 0.760. The molecule has 0 aromatic heterocycles. The Morgan fingerprint density at radius 2 is 2.06 bits per heavy atom. The average molecular weight is 238 g/mol. The number of rotatable bonds is 3. The molecule has 2 aliphatic rings. The third kappa shape index (κ3) is 2.46. The molecule has 2 rings (SSSR count). The van der Waals surface area contributed by atoms with Crippen molar-refractivity contribution in [3.63, 3.8) is 0 Å². The van der Waals surface area contributed by atoms with Crippen LogP contribution in [0.25, 0.3) is 0 Å². The first-order valence-electron chi connectivity index (χ1n) is 6.25. The first-order valence-corrected chi connectivity index (χ1v) is 6.25. The van der Waals surface area contributed by atoms with E-state index in [1.807, 2.05) is 20.8 Å². The Labute approximate surface area is 103 Å². The van der Waals surface area contributed by atoms with Crippen LogP contribution in [0, 0.1) is 11.8 Å². The lowest BCUT2D eigenvalue weighted by Gasteiger charge is -2.34. The number of ether oxygens (including phenoxy) is 1. The van der Waals surface area contributed by atoms with Gasteiger partial charge < -0.3 is 10.1 Å². The SMILES string of the molecule is C=CCN(C(=O)OC1C2CNCC21)C(C)(C)C. The number of carbonyl (C=O) groups is 1. The van der Waals surface area contributed by atoms with Crippen LogP contribution >= 0.6 is 0 Å². The molecule has 4 nitrogen and oxygen atoms in total. The molecule has 0 spiro atoms. The summed E-state index contributed by atoms with van der Waals surface area (Å²) in [6.07, 6.45) is 1.66. The van der Waals surface area contributed by atoms with E-state index in [0.717, 1.165) is 13.1 Å². The first kappa shape index (κ1) is 12.4. The van der Waals surface area contributed by atoms with Crippen molar-refractivity contribution < 1.29 is 9.53 Å². The second kappa shape index (κ2) is 4.33. The zero-order chi connectivity index (χ0) is 12.6. The van der Waals surface area contributed by atoms with Crippen LogP contribution in [0.5, 0.6) is 0 Å². The Balaban J connectivity index is 1.91. The summed E-state index contributed by atoms with van der Waals surface area (Å²) in [5.41, 5.74) is -0.229.